The molecule has 5 nitrogen and oxygen atoms in total. The second kappa shape index (κ2) is 6.40. The molecule has 1 aromatic carbocycles. The Labute approximate surface area is 130 Å². The van der Waals surface area contributed by atoms with Gasteiger partial charge in [0.05, 0.1) is 19.9 Å². The molecular formula is C17H22N2O3. The predicted octanol–water partition coefficient (Wildman–Crippen LogP) is 2.99. The highest BCUT2D eigenvalue weighted by atomic mass is 16.5. The summed E-state index contributed by atoms with van der Waals surface area (Å²) in [5.74, 6) is 2.99. The highest BCUT2D eigenvalue weighted by Crippen LogP contribution is 2.36. The largest absolute Gasteiger partial charge is 0.497 e. The fraction of sp³-hybridized carbons (Fsp3) is 0.471. The van der Waals surface area contributed by atoms with Crippen LogP contribution in [0.25, 0.3) is 0 Å². The molecule has 0 radical (unpaired) electrons. The highest BCUT2D eigenvalue weighted by Gasteiger charge is 2.27. The number of nitrogens with zero attached hydrogens (tertiary/aromatic N) is 2. The van der Waals surface area contributed by atoms with Crippen LogP contribution in [0.15, 0.2) is 28.9 Å². The summed E-state index contributed by atoms with van der Waals surface area (Å²) < 4.78 is 16.1. The first kappa shape index (κ1) is 14.9. The molecule has 0 saturated carbocycles. The van der Waals surface area contributed by atoms with Crippen LogP contribution in [-0.4, -0.2) is 37.2 Å². The molecule has 1 atom stereocenters. The van der Waals surface area contributed by atoms with E-state index in [0.717, 1.165) is 49.1 Å². The average molecular weight is 302 g/mol. The quantitative estimate of drug-likeness (QED) is 0.849. The van der Waals surface area contributed by atoms with Crippen molar-refractivity contribution in [3.05, 3.63) is 41.6 Å². The molecule has 118 valence electrons. The molecule has 22 heavy (non-hydrogen) atoms. The van der Waals surface area contributed by atoms with E-state index >= 15 is 0 Å². The van der Waals surface area contributed by atoms with Crippen molar-refractivity contribution in [2.75, 3.05) is 27.3 Å². The fourth-order valence-electron chi connectivity index (χ4n) is 3.10. The van der Waals surface area contributed by atoms with E-state index in [2.05, 4.69) is 16.0 Å². The maximum Gasteiger partial charge on any atom is 0.191 e. The van der Waals surface area contributed by atoms with E-state index in [1.807, 2.05) is 19.1 Å². The molecule has 1 saturated heterocycles. The smallest absolute Gasteiger partial charge is 0.191 e. The van der Waals surface area contributed by atoms with Gasteiger partial charge in [-0.25, -0.2) is 4.98 Å². The van der Waals surface area contributed by atoms with Gasteiger partial charge >= 0.3 is 0 Å². The van der Waals surface area contributed by atoms with Crippen LogP contribution in [0.4, 0.5) is 0 Å². The summed E-state index contributed by atoms with van der Waals surface area (Å²) in [6.45, 7) is 4.75. The number of hydrogen-bond donors (Lipinski definition) is 0. The van der Waals surface area contributed by atoms with Crippen molar-refractivity contribution in [3.63, 3.8) is 0 Å². The maximum absolute atomic E-state index is 5.51. The van der Waals surface area contributed by atoms with Gasteiger partial charge in [0.2, 0.25) is 0 Å². The summed E-state index contributed by atoms with van der Waals surface area (Å²) in [5.41, 5.74) is 2.22. The third-order valence-corrected chi connectivity index (χ3v) is 4.20. The Balaban J connectivity index is 1.72. The van der Waals surface area contributed by atoms with Crippen LogP contribution in [0.3, 0.4) is 0 Å². The first-order chi connectivity index (χ1) is 10.7. The Hall–Kier alpha value is -2.01. The first-order valence-corrected chi connectivity index (χ1v) is 7.55. The van der Waals surface area contributed by atoms with Gasteiger partial charge in [-0.15, -0.1) is 0 Å². The van der Waals surface area contributed by atoms with Crippen molar-refractivity contribution >= 4 is 0 Å². The lowest BCUT2D eigenvalue weighted by Gasteiger charge is -2.17. The minimum atomic E-state index is 0.457. The fourth-order valence-corrected chi connectivity index (χ4v) is 3.10. The minimum Gasteiger partial charge on any atom is -0.497 e. The van der Waals surface area contributed by atoms with E-state index in [4.69, 9.17) is 13.9 Å². The van der Waals surface area contributed by atoms with Gasteiger partial charge in [0.1, 0.15) is 17.8 Å². The number of ether oxygens (including phenoxy) is 2. The summed E-state index contributed by atoms with van der Waals surface area (Å²) in [5, 5.41) is 0. The van der Waals surface area contributed by atoms with Gasteiger partial charge in [-0.05, 0) is 31.2 Å². The van der Waals surface area contributed by atoms with Crippen LogP contribution in [0.2, 0.25) is 0 Å². The molecule has 2 aromatic rings. The lowest BCUT2D eigenvalue weighted by molar-refractivity contribution is 0.321. The average Bonchev–Trinajstić information content (AvgIpc) is 3.16. The van der Waals surface area contributed by atoms with E-state index < -0.39 is 0 Å². The number of aryl methyl sites for hydroxylation is 1. The summed E-state index contributed by atoms with van der Waals surface area (Å²) in [4.78, 5) is 6.78. The third kappa shape index (κ3) is 3.09. The number of benzene rings is 1. The molecule has 5 heteroatoms. The second-order valence-corrected chi connectivity index (χ2v) is 5.69. The Morgan fingerprint density at radius 2 is 2.18 bits per heavy atom. The van der Waals surface area contributed by atoms with Crippen LogP contribution >= 0.6 is 0 Å². The monoisotopic (exact) mass is 302 g/mol. The Bertz CT molecular complexity index is 639. The van der Waals surface area contributed by atoms with Gasteiger partial charge in [-0.3, -0.25) is 4.90 Å². The molecule has 0 unspecified atom stereocenters. The van der Waals surface area contributed by atoms with Crippen LogP contribution in [0.1, 0.15) is 29.5 Å². The number of aromatic nitrogens is 1. The molecule has 0 aliphatic carbocycles. The lowest BCUT2D eigenvalue weighted by Crippen LogP contribution is -2.20. The van der Waals surface area contributed by atoms with Gasteiger partial charge in [0.25, 0.3) is 0 Å². The molecule has 1 aliphatic rings. The predicted molar refractivity (Wildman–Crippen MR) is 83.4 cm³/mol. The second-order valence-electron chi connectivity index (χ2n) is 5.69. The summed E-state index contributed by atoms with van der Waals surface area (Å²) >= 11 is 0. The molecule has 1 aromatic heterocycles. The van der Waals surface area contributed by atoms with Crippen molar-refractivity contribution in [3.8, 4) is 11.5 Å². The van der Waals surface area contributed by atoms with Gasteiger partial charge in [-0.1, -0.05) is 0 Å². The molecule has 0 spiro atoms. The Morgan fingerprint density at radius 1 is 1.32 bits per heavy atom. The molecule has 0 amide bonds. The topological polar surface area (TPSA) is 47.7 Å². The zero-order chi connectivity index (χ0) is 15.5. The first-order valence-electron chi connectivity index (χ1n) is 7.55. The van der Waals surface area contributed by atoms with Crippen molar-refractivity contribution in [1.29, 1.82) is 0 Å². The summed E-state index contributed by atoms with van der Waals surface area (Å²) in [7, 11) is 3.41. The minimum absolute atomic E-state index is 0.457. The maximum atomic E-state index is 5.51. The van der Waals surface area contributed by atoms with E-state index in [9.17, 15) is 0 Å². The summed E-state index contributed by atoms with van der Waals surface area (Å²) in [6.07, 6.45) is 2.86. The van der Waals surface area contributed by atoms with Crippen LogP contribution in [0.5, 0.6) is 11.5 Å². The van der Waals surface area contributed by atoms with Gasteiger partial charge in [-0.2, -0.15) is 0 Å². The molecule has 1 fully saturated rings. The van der Waals surface area contributed by atoms with E-state index in [1.165, 1.54) is 5.56 Å². The Morgan fingerprint density at radius 3 is 2.86 bits per heavy atom. The molecule has 0 bridgehead atoms. The SMILES string of the molecule is COc1ccc(OC)c([C@@H]2CCN(Cc3coc(C)n3)C2)c1. The molecular weight excluding hydrogens is 280 g/mol. The number of oxazole rings is 1. The normalized spacial score (nSPS) is 18.6. The number of hydrogen-bond acceptors (Lipinski definition) is 5. The zero-order valence-corrected chi connectivity index (χ0v) is 13.3. The van der Waals surface area contributed by atoms with E-state index in [1.54, 1.807) is 20.5 Å². The van der Waals surface area contributed by atoms with Crippen molar-refractivity contribution in [1.82, 2.24) is 9.88 Å². The van der Waals surface area contributed by atoms with Gasteiger partial charge in [0.15, 0.2) is 5.89 Å². The lowest BCUT2D eigenvalue weighted by atomic mass is 9.97. The molecule has 1 aliphatic heterocycles. The van der Waals surface area contributed by atoms with Crippen molar-refractivity contribution in [2.24, 2.45) is 0 Å². The van der Waals surface area contributed by atoms with Crippen LogP contribution < -0.4 is 9.47 Å². The highest BCUT2D eigenvalue weighted by molar-refractivity contribution is 5.43. The summed E-state index contributed by atoms with van der Waals surface area (Å²) in [6, 6.07) is 6.01. The molecule has 3 rings (SSSR count). The van der Waals surface area contributed by atoms with Gasteiger partial charge < -0.3 is 13.9 Å². The van der Waals surface area contributed by atoms with Gasteiger partial charge in [0, 0.05) is 31.5 Å². The molecule has 2 heterocycles. The van der Waals surface area contributed by atoms with E-state index in [0.29, 0.717) is 5.92 Å². The van der Waals surface area contributed by atoms with Crippen molar-refractivity contribution < 1.29 is 13.9 Å². The van der Waals surface area contributed by atoms with Crippen LogP contribution in [-0.2, 0) is 6.54 Å². The van der Waals surface area contributed by atoms with Crippen molar-refractivity contribution in [2.45, 2.75) is 25.8 Å². The Kier molecular flexibility index (Phi) is 4.34. The number of methoxy groups -OCH3 is 2. The number of likely N-dealkylation sites (tertiary alicyclic amines) is 1. The molecule has 0 N–H and O–H groups in total. The zero-order valence-electron chi connectivity index (χ0n) is 13.3. The standard InChI is InChI=1S/C17H22N2O3/c1-12-18-14(11-22-12)10-19-7-6-13(9-19)16-8-15(20-2)4-5-17(16)21-3/h4-5,8,11,13H,6-7,9-10H2,1-3H3/t13-/m1/s1. The number of rotatable bonds is 5. The third-order valence-electron chi connectivity index (χ3n) is 4.20. The van der Waals surface area contributed by atoms with Crippen LogP contribution in [0, 0.1) is 6.92 Å². The van der Waals surface area contributed by atoms with E-state index in [-0.39, 0.29) is 0 Å².